The van der Waals surface area contributed by atoms with Crippen LogP contribution in [0.4, 0.5) is 0 Å². The quantitative estimate of drug-likeness (QED) is 0.623. The molecule has 0 spiro atoms. The van der Waals surface area contributed by atoms with E-state index in [2.05, 4.69) is 26.5 Å². The monoisotopic (exact) mass is 362 g/mol. The number of hydrogen-bond acceptors (Lipinski definition) is 2. The van der Waals surface area contributed by atoms with Gasteiger partial charge in [-0.05, 0) is 49.3 Å². The summed E-state index contributed by atoms with van der Waals surface area (Å²) in [5, 5.41) is 4.29. The molecule has 0 saturated heterocycles. The van der Waals surface area contributed by atoms with Crippen molar-refractivity contribution in [2.24, 2.45) is 22.9 Å². The Morgan fingerprint density at radius 1 is 1.09 bits per heavy atom. The van der Waals surface area contributed by atoms with Crippen LogP contribution in [0.1, 0.15) is 51.0 Å². The van der Waals surface area contributed by atoms with Gasteiger partial charge < -0.3 is 0 Å². The molecule has 0 aromatic heterocycles. The van der Waals surface area contributed by atoms with Crippen molar-refractivity contribution < 1.29 is 4.79 Å². The minimum atomic E-state index is 0.119. The van der Waals surface area contributed by atoms with Crippen molar-refractivity contribution in [3.63, 3.8) is 0 Å². The van der Waals surface area contributed by atoms with Gasteiger partial charge in [-0.15, -0.1) is 0 Å². The van der Waals surface area contributed by atoms with Gasteiger partial charge in [-0.25, -0.2) is 5.43 Å². The molecular weight excluding hydrogens is 340 g/mol. The number of carbonyl (C=O) groups is 1. The molecule has 2 aliphatic carbocycles. The predicted octanol–water partition coefficient (Wildman–Crippen LogP) is 4.51. The van der Waals surface area contributed by atoms with Crippen LogP contribution in [0, 0.1) is 17.8 Å². The molecule has 0 bridgehead atoms. The summed E-state index contributed by atoms with van der Waals surface area (Å²) in [4.78, 5) is 12.4. The molecule has 1 aromatic rings. The maximum atomic E-state index is 12.4. The summed E-state index contributed by atoms with van der Waals surface area (Å²) in [6.07, 6.45) is 7.67. The fourth-order valence-electron chi connectivity index (χ4n) is 3.70. The Morgan fingerprint density at radius 3 is 2.27 bits per heavy atom. The van der Waals surface area contributed by atoms with Gasteiger partial charge in [-0.1, -0.05) is 53.7 Å². The molecule has 3 rings (SSSR count). The van der Waals surface area contributed by atoms with E-state index in [9.17, 15) is 4.79 Å². The second-order valence-corrected chi connectivity index (χ2v) is 7.44. The van der Waals surface area contributed by atoms with E-state index in [4.69, 9.17) is 0 Å². The lowest BCUT2D eigenvalue weighted by molar-refractivity contribution is -0.122. The summed E-state index contributed by atoms with van der Waals surface area (Å²) in [5.41, 5.74) is 4.67. The molecule has 1 N–H and O–H groups in total. The first-order chi connectivity index (χ1) is 10.7. The molecule has 0 aliphatic heterocycles. The van der Waals surface area contributed by atoms with E-state index in [1.54, 1.807) is 0 Å². The first-order valence-electron chi connectivity index (χ1n) is 8.27. The predicted molar refractivity (Wildman–Crippen MR) is 92.7 cm³/mol. The number of nitrogens with one attached hydrogen (secondary N) is 1. The Hall–Kier alpha value is -1.16. The third-order valence-electron chi connectivity index (χ3n) is 5.06. The lowest BCUT2D eigenvalue weighted by Crippen LogP contribution is -2.22. The molecule has 1 amide bonds. The Morgan fingerprint density at radius 2 is 1.68 bits per heavy atom. The summed E-state index contributed by atoms with van der Waals surface area (Å²) in [7, 11) is 0. The number of halogens is 1. The lowest BCUT2D eigenvalue weighted by Gasteiger charge is -2.04. The zero-order valence-electron chi connectivity index (χ0n) is 13.0. The minimum Gasteiger partial charge on any atom is -0.273 e. The number of rotatable bonds is 3. The van der Waals surface area contributed by atoms with E-state index in [0.717, 1.165) is 15.7 Å². The molecule has 2 fully saturated rings. The second-order valence-electron chi connectivity index (χ2n) is 6.53. The highest BCUT2D eigenvalue weighted by Gasteiger charge is 2.53. The maximum absolute atomic E-state index is 12.4. The van der Waals surface area contributed by atoms with Crippen molar-refractivity contribution in [2.75, 3.05) is 0 Å². The topological polar surface area (TPSA) is 41.5 Å². The van der Waals surface area contributed by atoms with Gasteiger partial charge in [-0.3, -0.25) is 4.79 Å². The van der Waals surface area contributed by atoms with Gasteiger partial charge in [0.2, 0.25) is 5.91 Å². The fraction of sp³-hybridized carbons (Fsp3) is 0.556. The molecule has 0 heterocycles. The summed E-state index contributed by atoms with van der Waals surface area (Å²) in [6.45, 7) is 1.93. The number of hydrazone groups is 1. The lowest BCUT2D eigenvalue weighted by atomic mass is 10.0. The van der Waals surface area contributed by atoms with Crippen LogP contribution < -0.4 is 5.43 Å². The molecule has 0 radical (unpaired) electrons. The Balaban J connectivity index is 1.58. The second kappa shape index (κ2) is 6.95. The number of hydrogen-bond donors (Lipinski definition) is 1. The van der Waals surface area contributed by atoms with Crippen LogP contribution in [-0.4, -0.2) is 11.6 Å². The summed E-state index contributed by atoms with van der Waals surface area (Å²) < 4.78 is 1.04. The fourth-order valence-corrected chi connectivity index (χ4v) is 3.97. The van der Waals surface area contributed by atoms with E-state index in [0.29, 0.717) is 11.8 Å². The third kappa shape index (κ3) is 3.60. The minimum absolute atomic E-state index is 0.119. The van der Waals surface area contributed by atoms with Crippen LogP contribution in [-0.2, 0) is 4.79 Å². The summed E-state index contributed by atoms with van der Waals surface area (Å²) in [6, 6.07) is 7.97. The largest absolute Gasteiger partial charge is 0.273 e. The van der Waals surface area contributed by atoms with Gasteiger partial charge in [0.05, 0.1) is 5.71 Å². The van der Waals surface area contributed by atoms with Crippen molar-refractivity contribution in [1.29, 1.82) is 0 Å². The van der Waals surface area contributed by atoms with Crippen molar-refractivity contribution in [3.05, 3.63) is 34.3 Å². The normalized spacial score (nSPS) is 28.3. The Bertz CT molecular complexity index is 553. The zero-order valence-corrected chi connectivity index (χ0v) is 14.6. The third-order valence-corrected chi connectivity index (χ3v) is 5.58. The van der Waals surface area contributed by atoms with Crippen molar-refractivity contribution >= 4 is 27.5 Å². The smallest absolute Gasteiger partial charge is 0.243 e. The van der Waals surface area contributed by atoms with Crippen LogP contribution >= 0.6 is 15.9 Å². The van der Waals surface area contributed by atoms with Crippen molar-refractivity contribution in [1.82, 2.24) is 5.43 Å². The molecule has 22 heavy (non-hydrogen) atoms. The van der Waals surface area contributed by atoms with Gasteiger partial charge in [0.15, 0.2) is 0 Å². The number of benzene rings is 1. The molecule has 3 nitrogen and oxygen atoms in total. The highest BCUT2D eigenvalue weighted by Crippen LogP contribution is 2.53. The highest BCUT2D eigenvalue weighted by molar-refractivity contribution is 9.10. The van der Waals surface area contributed by atoms with E-state index in [1.165, 1.54) is 38.5 Å². The number of amides is 1. The van der Waals surface area contributed by atoms with E-state index in [-0.39, 0.29) is 11.8 Å². The van der Waals surface area contributed by atoms with Gasteiger partial charge in [0, 0.05) is 10.4 Å². The van der Waals surface area contributed by atoms with E-state index in [1.807, 2.05) is 31.2 Å². The molecular formula is C18H23BrN2O. The highest BCUT2D eigenvalue weighted by atomic mass is 79.9. The van der Waals surface area contributed by atoms with E-state index < -0.39 is 0 Å². The van der Waals surface area contributed by atoms with Crippen LogP contribution in [0.5, 0.6) is 0 Å². The molecule has 0 unspecified atom stereocenters. The SMILES string of the molecule is C/C(=N\NC(=O)C1[C@H]2CCCCCC[C@H]12)c1ccc(Br)cc1. The molecule has 2 saturated carbocycles. The maximum Gasteiger partial charge on any atom is 0.243 e. The molecule has 4 heteroatoms. The Labute approximate surface area is 140 Å². The van der Waals surface area contributed by atoms with Crippen LogP contribution in [0.15, 0.2) is 33.8 Å². The number of fused-ring (bicyclic) bond motifs is 1. The van der Waals surface area contributed by atoms with E-state index >= 15 is 0 Å². The van der Waals surface area contributed by atoms with Crippen LogP contribution in [0.3, 0.4) is 0 Å². The van der Waals surface area contributed by atoms with Crippen molar-refractivity contribution in [3.8, 4) is 0 Å². The summed E-state index contributed by atoms with van der Waals surface area (Å²) in [5.74, 6) is 1.56. The molecule has 118 valence electrons. The first kappa shape index (κ1) is 15.7. The first-order valence-corrected chi connectivity index (χ1v) is 9.06. The molecule has 2 aliphatic rings. The zero-order chi connectivity index (χ0) is 15.5. The van der Waals surface area contributed by atoms with Crippen molar-refractivity contribution in [2.45, 2.75) is 45.4 Å². The Kier molecular flexibility index (Phi) is 4.97. The molecule has 2 atom stereocenters. The summed E-state index contributed by atoms with van der Waals surface area (Å²) >= 11 is 3.42. The molecule has 1 aromatic carbocycles. The van der Waals surface area contributed by atoms with Gasteiger partial charge in [0.1, 0.15) is 0 Å². The number of carbonyl (C=O) groups excluding carboxylic acids is 1. The standard InChI is InChI=1S/C18H23BrN2O/c1-12(13-8-10-14(19)11-9-13)20-21-18(22)17-15-6-4-2-3-5-7-16(15)17/h8-11,15-17H,2-7H2,1H3,(H,21,22)/b20-12+/t15-,16-/m0/s1. The number of nitrogens with zero attached hydrogens (tertiary/aromatic N) is 1. The van der Waals surface area contributed by atoms with Crippen LogP contribution in [0.2, 0.25) is 0 Å². The average Bonchev–Trinajstić information content (AvgIpc) is 3.16. The van der Waals surface area contributed by atoms with Gasteiger partial charge in [0.25, 0.3) is 0 Å². The van der Waals surface area contributed by atoms with Gasteiger partial charge >= 0.3 is 0 Å². The van der Waals surface area contributed by atoms with Crippen LogP contribution in [0.25, 0.3) is 0 Å². The average molecular weight is 363 g/mol. The van der Waals surface area contributed by atoms with Gasteiger partial charge in [-0.2, -0.15) is 5.10 Å².